The van der Waals surface area contributed by atoms with Gasteiger partial charge in [-0.25, -0.2) is 8.42 Å². The van der Waals surface area contributed by atoms with Gasteiger partial charge in [-0.3, -0.25) is 4.79 Å². The van der Waals surface area contributed by atoms with Crippen molar-refractivity contribution < 1.29 is 23.4 Å². The highest BCUT2D eigenvalue weighted by Crippen LogP contribution is 2.30. The molecule has 1 aromatic rings. The lowest BCUT2D eigenvalue weighted by molar-refractivity contribution is -0.140. The van der Waals surface area contributed by atoms with E-state index in [0.717, 1.165) is 34.7 Å². The molecular formula is C14H17NO5S. The van der Waals surface area contributed by atoms with Crippen molar-refractivity contribution >= 4 is 16.0 Å². The molecule has 3 rings (SSSR count). The second-order valence-electron chi connectivity index (χ2n) is 5.60. The van der Waals surface area contributed by atoms with E-state index in [0.29, 0.717) is 0 Å². The van der Waals surface area contributed by atoms with Crippen LogP contribution in [0, 0.1) is 0 Å². The highest BCUT2D eigenvalue weighted by Gasteiger charge is 2.43. The summed E-state index contributed by atoms with van der Waals surface area (Å²) in [6, 6.07) is 3.78. The summed E-state index contributed by atoms with van der Waals surface area (Å²) in [5.74, 6) is -1.23. The third-order valence-electron chi connectivity index (χ3n) is 4.20. The van der Waals surface area contributed by atoms with Gasteiger partial charge in [-0.05, 0) is 42.5 Å². The van der Waals surface area contributed by atoms with Crippen LogP contribution in [0.25, 0.3) is 0 Å². The number of carbonyl (C=O) groups is 1. The maximum absolute atomic E-state index is 12.6. The summed E-state index contributed by atoms with van der Waals surface area (Å²) in [6.45, 7) is -0.170. The molecule has 1 aliphatic carbocycles. The second-order valence-corrected chi connectivity index (χ2v) is 7.49. The first-order chi connectivity index (χ1) is 9.89. The average molecular weight is 311 g/mol. The van der Waals surface area contributed by atoms with Crippen molar-refractivity contribution in [2.24, 2.45) is 0 Å². The number of nitrogens with zero attached hydrogens (tertiary/aromatic N) is 1. The summed E-state index contributed by atoms with van der Waals surface area (Å²) in [5.41, 5.74) is 2.17. The van der Waals surface area contributed by atoms with Crippen LogP contribution in [0.15, 0.2) is 23.1 Å². The van der Waals surface area contributed by atoms with Crippen molar-refractivity contribution in [2.75, 3.05) is 6.54 Å². The second kappa shape index (κ2) is 5.08. The van der Waals surface area contributed by atoms with Crippen LogP contribution in [0.4, 0.5) is 0 Å². The number of aryl methyl sites for hydroxylation is 2. The molecule has 0 radical (unpaired) electrons. The smallest absolute Gasteiger partial charge is 0.322 e. The van der Waals surface area contributed by atoms with Gasteiger partial charge >= 0.3 is 5.97 Å². The van der Waals surface area contributed by atoms with Gasteiger partial charge in [0, 0.05) is 13.0 Å². The van der Waals surface area contributed by atoms with Crippen LogP contribution in [0.3, 0.4) is 0 Å². The third kappa shape index (κ3) is 2.45. The topological polar surface area (TPSA) is 94.9 Å². The number of hydrogen-bond acceptors (Lipinski definition) is 4. The molecule has 0 spiro atoms. The Balaban J connectivity index is 1.98. The van der Waals surface area contributed by atoms with E-state index in [-0.39, 0.29) is 17.9 Å². The maximum atomic E-state index is 12.6. The summed E-state index contributed by atoms with van der Waals surface area (Å²) in [5, 5.41) is 18.8. The molecule has 2 atom stereocenters. The van der Waals surface area contributed by atoms with E-state index < -0.39 is 28.1 Å². The molecule has 7 heteroatoms. The number of hydrogen-bond donors (Lipinski definition) is 2. The van der Waals surface area contributed by atoms with Gasteiger partial charge in [0.05, 0.1) is 11.0 Å². The molecule has 0 aromatic heterocycles. The first-order valence-electron chi connectivity index (χ1n) is 6.94. The number of aliphatic hydroxyl groups is 1. The van der Waals surface area contributed by atoms with Gasteiger partial charge in [0.2, 0.25) is 10.0 Å². The number of sulfonamides is 1. The normalized spacial score (nSPS) is 26.0. The molecule has 1 saturated heterocycles. The fourth-order valence-corrected chi connectivity index (χ4v) is 4.80. The zero-order chi connectivity index (χ0) is 15.2. The van der Waals surface area contributed by atoms with E-state index >= 15 is 0 Å². The standard InChI is InChI=1S/C14H17NO5S/c16-11-7-13(14(17)18)15(8-11)21(19,20)12-5-4-9-2-1-3-10(9)6-12/h4-6,11,13,16H,1-3,7-8H2,(H,17,18)/t11?,13-/m0/s1. The molecule has 114 valence electrons. The SMILES string of the molecule is O=C(O)[C@@H]1CC(O)CN1S(=O)(=O)c1ccc2c(c1)CCC2. The Bertz CT molecular complexity index is 685. The summed E-state index contributed by atoms with van der Waals surface area (Å²) >= 11 is 0. The minimum absolute atomic E-state index is 0.0699. The Kier molecular flexibility index (Phi) is 3.51. The van der Waals surface area contributed by atoms with Gasteiger partial charge in [0.25, 0.3) is 0 Å². The molecule has 0 amide bonds. The largest absolute Gasteiger partial charge is 0.480 e. The van der Waals surface area contributed by atoms with E-state index in [2.05, 4.69) is 0 Å². The minimum atomic E-state index is -3.89. The van der Waals surface area contributed by atoms with E-state index in [1.165, 1.54) is 6.07 Å². The van der Waals surface area contributed by atoms with E-state index in [9.17, 15) is 18.3 Å². The van der Waals surface area contributed by atoms with Crippen molar-refractivity contribution in [1.82, 2.24) is 4.31 Å². The van der Waals surface area contributed by atoms with Crippen LogP contribution in [0.2, 0.25) is 0 Å². The molecule has 21 heavy (non-hydrogen) atoms. The average Bonchev–Trinajstić information content (AvgIpc) is 3.03. The predicted octanol–water partition coefficient (Wildman–Crippen LogP) is 0.384. The van der Waals surface area contributed by atoms with Crippen molar-refractivity contribution in [3.63, 3.8) is 0 Å². The first-order valence-corrected chi connectivity index (χ1v) is 8.38. The maximum Gasteiger partial charge on any atom is 0.322 e. The Morgan fingerprint density at radius 2 is 1.95 bits per heavy atom. The van der Waals surface area contributed by atoms with E-state index in [4.69, 9.17) is 5.11 Å². The fourth-order valence-electron chi connectivity index (χ4n) is 3.12. The highest BCUT2D eigenvalue weighted by molar-refractivity contribution is 7.89. The van der Waals surface area contributed by atoms with Crippen LogP contribution < -0.4 is 0 Å². The molecule has 1 unspecified atom stereocenters. The summed E-state index contributed by atoms with van der Waals surface area (Å²) < 4.78 is 26.2. The highest BCUT2D eigenvalue weighted by atomic mass is 32.2. The first kappa shape index (κ1) is 14.5. The number of benzene rings is 1. The van der Waals surface area contributed by atoms with Crippen molar-refractivity contribution in [3.05, 3.63) is 29.3 Å². The number of fused-ring (bicyclic) bond motifs is 1. The van der Waals surface area contributed by atoms with Crippen molar-refractivity contribution in [1.29, 1.82) is 0 Å². The minimum Gasteiger partial charge on any atom is -0.480 e. The van der Waals surface area contributed by atoms with Gasteiger partial charge < -0.3 is 10.2 Å². The van der Waals surface area contributed by atoms with Crippen molar-refractivity contribution in [3.8, 4) is 0 Å². The van der Waals surface area contributed by atoms with Gasteiger partial charge in [0.15, 0.2) is 0 Å². The summed E-state index contributed by atoms with van der Waals surface area (Å²) in [7, 11) is -3.89. The van der Waals surface area contributed by atoms with Gasteiger partial charge in [-0.2, -0.15) is 4.31 Å². The number of carboxylic acids is 1. The van der Waals surface area contributed by atoms with Crippen molar-refractivity contribution in [2.45, 2.75) is 42.7 Å². The number of aliphatic carboxylic acids is 1. The predicted molar refractivity (Wildman–Crippen MR) is 74.4 cm³/mol. The Labute approximate surface area is 123 Å². The summed E-state index contributed by atoms with van der Waals surface area (Å²) in [4.78, 5) is 11.3. The fraction of sp³-hybridized carbons (Fsp3) is 0.500. The quantitative estimate of drug-likeness (QED) is 0.842. The zero-order valence-corrected chi connectivity index (χ0v) is 12.2. The lowest BCUT2D eigenvalue weighted by atomic mass is 10.1. The Morgan fingerprint density at radius 1 is 1.24 bits per heavy atom. The van der Waals surface area contributed by atoms with Crippen LogP contribution >= 0.6 is 0 Å². The molecule has 1 heterocycles. The van der Waals surface area contributed by atoms with E-state index in [1.807, 2.05) is 0 Å². The lowest BCUT2D eigenvalue weighted by Gasteiger charge is -2.21. The number of rotatable bonds is 3. The van der Waals surface area contributed by atoms with Crippen LogP contribution in [-0.4, -0.2) is 47.6 Å². The summed E-state index contributed by atoms with van der Waals surface area (Å²) in [6.07, 6.45) is 1.81. The molecule has 2 N–H and O–H groups in total. The zero-order valence-electron chi connectivity index (χ0n) is 11.4. The molecule has 1 aromatic carbocycles. The Morgan fingerprint density at radius 3 is 2.67 bits per heavy atom. The monoisotopic (exact) mass is 311 g/mol. The number of aliphatic hydroxyl groups excluding tert-OH is 1. The molecular weight excluding hydrogens is 294 g/mol. The van der Waals surface area contributed by atoms with Gasteiger partial charge in [0.1, 0.15) is 6.04 Å². The van der Waals surface area contributed by atoms with Crippen LogP contribution in [0.5, 0.6) is 0 Å². The molecule has 0 saturated carbocycles. The molecule has 1 fully saturated rings. The third-order valence-corrected chi connectivity index (χ3v) is 6.07. The lowest BCUT2D eigenvalue weighted by Crippen LogP contribution is -2.40. The Hall–Kier alpha value is -1.44. The van der Waals surface area contributed by atoms with Gasteiger partial charge in [-0.1, -0.05) is 6.07 Å². The van der Waals surface area contributed by atoms with Crippen LogP contribution in [-0.2, 0) is 27.7 Å². The van der Waals surface area contributed by atoms with Gasteiger partial charge in [-0.15, -0.1) is 0 Å². The number of β-amino-alcohol motifs (C(OH)–C–C–N with tert-alkyl or cyclic N) is 1. The molecule has 0 bridgehead atoms. The molecule has 2 aliphatic rings. The van der Waals surface area contributed by atoms with Crippen LogP contribution in [0.1, 0.15) is 24.0 Å². The van der Waals surface area contributed by atoms with E-state index in [1.54, 1.807) is 12.1 Å². The molecule has 1 aliphatic heterocycles. The number of carboxylic acid groups (broad SMARTS) is 1. The molecule has 6 nitrogen and oxygen atoms in total.